The van der Waals surface area contributed by atoms with Crippen LogP contribution in [0.1, 0.15) is 76.4 Å². The highest BCUT2D eigenvalue weighted by Gasteiger charge is 2.22. The molecule has 2 rings (SSSR count). The minimum Gasteiger partial charge on any atom is -0.371 e. The fourth-order valence-electron chi connectivity index (χ4n) is 2.91. The summed E-state index contributed by atoms with van der Waals surface area (Å²) in [6.07, 6.45) is 6.08. The number of hydrogen-bond donors (Lipinski definition) is 1. The van der Waals surface area contributed by atoms with E-state index in [2.05, 4.69) is 30.2 Å². The highest BCUT2D eigenvalue weighted by Crippen LogP contribution is 2.34. The Morgan fingerprint density at radius 1 is 1.25 bits per heavy atom. The maximum atomic E-state index is 5.78. The van der Waals surface area contributed by atoms with Gasteiger partial charge in [0.2, 0.25) is 0 Å². The zero-order valence-electron chi connectivity index (χ0n) is 13.0. The molecule has 1 unspecified atom stereocenters. The molecule has 4 heteroatoms. The molecule has 0 aromatic carbocycles. The van der Waals surface area contributed by atoms with Crippen molar-refractivity contribution in [1.29, 1.82) is 0 Å². The first kappa shape index (κ1) is 15.2. The van der Waals surface area contributed by atoms with Crippen LogP contribution in [0.2, 0.25) is 0 Å². The molecule has 0 aliphatic heterocycles. The monoisotopic (exact) mass is 277 g/mol. The molecule has 1 aromatic rings. The Labute approximate surface area is 122 Å². The fraction of sp³-hybridized carbons (Fsp3) is 0.750. The van der Waals surface area contributed by atoms with Crippen LogP contribution in [0.5, 0.6) is 0 Å². The van der Waals surface area contributed by atoms with Gasteiger partial charge in [-0.3, -0.25) is 0 Å². The molecular weight excluding hydrogens is 250 g/mol. The molecule has 0 saturated heterocycles. The fourth-order valence-corrected chi connectivity index (χ4v) is 2.91. The van der Waals surface area contributed by atoms with Gasteiger partial charge in [-0.05, 0) is 33.1 Å². The topological polar surface area (TPSA) is 47.0 Å². The molecule has 1 aliphatic carbocycles. The van der Waals surface area contributed by atoms with Gasteiger partial charge in [-0.1, -0.05) is 19.8 Å². The Kier molecular flexibility index (Phi) is 5.77. The van der Waals surface area contributed by atoms with E-state index in [1.165, 1.54) is 31.4 Å². The van der Waals surface area contributed by atoms with E-state index in [1.54, 1.807) is 0 Å². The molecule has 1 atom stereocenters. The van der Waals surface area contributed by atoms with Crippen molar-refractivity contribution in [2.75, 3.05) is 18.5 Å². The van der Waals surface area contributed by atoms with E-state index in [9.17, 15) is 0 Å². The van der Waals surface area contributed by atoms with E-state index < -0.39 is 0 Å². The lowest BCUT2D eigenvalue weighted by atomic mass is 10.0. The van der Waals surface area contributed by atoms with Crippen molar-refractivity contribution in [3.63, 3.8) is 0 Å². The van der Waals surface area contributed by atoms with Gasteiger partial charge < -0.3 is 10.1 Å². The number of nitrogens with zero attached hydrogens (tertiary/aromatic N) is 2. The molecule has 1 fully saturated rings. The number of ether oxygens (including phenoxy) is 1. The minimum atomic E-state index is 0.0127. The van der Waals surface area contributed by atoms with Gasteiger partial charge >= 0.3 is 0 Å². The van der Waals surface area contributed by atoms with E-state index in [1.807, 2.05) is 6.92 Å². The van der Waals surface area contributed by atoms with Crippen LogP contribution >= 0.6 is 0 Å². The lowest BCUT2D eigenvalue weighted by Gasteiger charge is -2.18. The zero-order valence-corrected chi connectivity index (χ0v) is 13.0. The van der Waals surface area contributed by atoms with E-state index in [0.717, 1.165) is 24.6 Å². The second-order valence-corrected chi connectivity index (χ2v) is 5.40. The predicted molar refractivity (Wildman–Crippen MR) is 82.1 cm³/mol. The molecule has 1 aromatic heterocycles. The first-order valence-corrected chi connectivity index (χ1v) is 8.02. The van der Waals surface area contributed by atoms with E-state index in [0.29, 0.717) is 12.5 Å². The second kappa shape index (κ2) is 7.58. The zero-order chi connectivity index (χ0) is 14.4. The maximum Gasteiger partial charge on any atom is 0.159 e. The number of anilines is 1. The Morgan fingerprint density at radius 2 is 2.00 bits per heavy atom. The molecule has 1 saturated carbocycles. The lowest BCUT2D eigenvalue weighted by molar-refractivity contribution is 0.0533. The Hall–Kier alpha value is -1.16. The van der Waals surface area contributed by atoms with Gasteiger partial charge in [0.15, 0.2) is 5.82 Å². The highest BCUT2D eigenvalue weighted by molar-refractivity contribution is 5.37. The molecule has 0 amide bonds. The Balaban J connectivity index is 2.28. The van der Waals surface area contributed by atoms with Crippen LogP contribution in [-0.4, -0.2) is 23.1 Å². The predicted octanol–water partition coefficient (Wildman–Crippen LogP) is 4.05. The van der Waals surface area contributed by atoms with Crippen molar-refractivity contribution >= 4 is 5.82 Å². The summed E-state index contributed by atoms with van der Waals surface area (Å²) in [5, 5.41) is 3.33. The van der Waals surface area contributed by atoms with Crippen LogP contribution in [0.15, 0.2) is 6.07 Å². The first-order chi connectivity index (χ1) is 9.78. The average Bonchev–Trinajstić information content (AvgIpc) is 2.99. The van der Waals surface area contributed by atoms with E-state index in [-0.39, 0.29) is 6.10 Å². The molecule has 1 N–H and O–H groups in total. The van der Waals surface area contributed by atoms with Gasteiger partial charge in [-0.25, -0.2) is 9.97 Å². The number of nitrogens with one attached hydrogen (secondary N) is 1. The molecule has 0 bridgehead atoms. The molecular formula is C16H27N3O. The third-order valence-electron chi connectivity index (χ3n) is 3.92. The molecule has 1 aliphatic rings. The Morgan fingerprint density at radius 3 is 2.60 bits per heavy atom. The van der Waals surface area contributed by atoms with Crippen molar-refractivity contribution < 1.29 is 4.74 Å². The van der Waals surface area contributed by atoms with Gasteiger partial charge in [0, 0.05) is 30.8 Å². The molecule has 0 spiro atoms. The van der Waals surface area contributed by atoms with E-state index in [4.69, 9.17) is 9.72 Å². The quantitative estimate of drug-likeness (QED) is 0.816. The van der Waals surface area contributed by atoms with Crippen LogP contribution in [0.4, 0.5) is 5.82 Å². The largest absolute Gasteiger partial charge is 0.371 e. The molecule has 0 radical (unpaired) electrons. The van der Waals surface area contributed by atoms with Gasteiger partial charge in [0.25, 0.3) is 0 Å². The summed E-state index contributed by atoms with van der Waals surface area (Å²) in [7, 11) is 0. The second-order valence-electron chi connectivity index (χ2n) is 5.40. The van der Waals surface area contributed by atoms with Gasteiger partial charge in [-0.15, -0.1) is 0 Å². The summed E-state index contributed by atoms with van der Waals surface area (Å²) >= 11 is 0. The maximum absolute atomic E-state index is 5.78. The van der Waals surface area contributed by atoms with Crippen molar-refractivity contribution in [3.8, 4) is 0 Å². The Bertz CT molecular complexity index is 416. The van der Waals surface area contributed by atoms with Crippen LogP contribution in [0.25, 0.3) is 0 Å². The molecule has 112 valence electrons. The van der Waals surface area contributed by atoms with Gasteiger partial charge in [-0.2, -0.15) is 0 Å². The summed E-state index contributed by atoms with van der Waals surface area (Å²) < 4.78 is 5.78. The first-order valence-electron chi connectivity index (χ1n) is 8.02. The standard InChI is InChI=1S/C16H27N3O/c1-4-14(20-6-3)16-18-13(12-9-7-8-10-12)11-15(19-16)17-5-2/h11-12,14H,4-10H2,1-3H3,(H,17,18,19). The SMILES string of the molecule is CCNc1cc(C2CCCC2)nc(C(CC)OCC)n1. The highest BCUT2D eigenvalue weighted by atomic mass is 16.5. The van der Waals surface area contributed by atoms with Crippen molar-refractivity contribution in [2.24, 2.45) is 0 Å². The van der Waals surface area contributed by atoms with Crippen molar-refractivity contribution in [1.82, 2.24) is 9.97 Å². The normalized spacial score (nSPS) is 17.4. The third-order valence-corrected chi connectivity index (χ3v) is 3.92. The van der Waals surface area contributed by atoms with Crippen LogP contribution < -0.4 is 5.32 Å². The third kappa shape index (κ3) is 3.69. The van der Waals surface area contributed by atoms with Crippen molar-refractivity contribution in [3.05, 3.63) is 17.6 Å². The summed E-state index contributed by atoms with van der Waals surface area (Å²) in [5.74, 6) is 2.39. The molecule has 1 heterocycles. The van der Waals surface area contributed by atoms with Crippen molar-refractivity contribution in [2.45, 2.75) is 64.9 Å². The van der Waals surface area contributed by atoms with Crippen LogP contribution in [0.3, 0.4) is 0 Å². The lowest BCUT2D eigenvalue weighted by Crippen LogP contribution is -2.13. The number of hydrogen-bond acceptors (Lipinski definition) is 4. The number of aromatic nitrogens is 2. The van der Waals surface area contributed by atoms with Crippen LogP contribution in [0, 0.1) is 0 Å². The summed E-state index contributed by atoms with van der Waals surface area (Å²) in [6.45, 7) is 7.82. The smallest absolute Gasteiger partial charge is 0.159 e. The summed E-state index contributed by atoms with van der Waals surface area (Å²) in [4.78, 5) is 9.45. The van der Waals surface area contributed by atoms with E-state index >= 15 is 0 Å². The van der Waals surface area contributed by atoms with Gasteiger partial charge in [0.1, 0.15) is 11.9 Å². The molecule has 4 nitrogen and oxygen atoms in total. The average molecular weight is 277 g/mol. The molecule has 20 heavy (non-hydrogen) atoms. The van der Waals surface area contributed by atoms with Crippen LogP contribution in [-0.2, 0) is 4.74 Å². The summed E-state index contributed by atoms with van der Waals surface area (Å²) in [5.41, 5.74) is 1.20. The minimum absolute atomic E-state index is 0.0127. The summed E-state index contributed by atoms with van der Waals surface area (Å²) in [6, 6.07) is 2.13. The van der Waals surface area contributed by atoms with Gasteiger partial charge in [0.05, 0.1) is 0 Å². The number of rotatable bonds is 7.